The monoisotopic (exact) mass is 206 g/mol. The molecule has 0 aliphatic heterocycles. The molecule has 0 bridgehead atoms. The predicted molar refractivity (Wildman–Crippen MR) is 61.5 cm³/mol. The van der Waals surface area contributed by atoms with Crippen LogP contribution < -0.4 is 11.1 Å². The van der Waals surface area contributed by atoms with Gasteiger partial charge in [0.1, 0.15) is 0 Å². The van der Waals surface area contributed by atoms with Gasteiger partial charge in [-0.3, -0.25) is 0 Å². The molecule has 1 aliphatic carbocycles. The third kappa shape index (κ3) is 2.19. The first kappa shape index (κ1) is 10.2. The summed E-state index contributed by atoms with van der Waals surface area (Å²) in [5.74, 6) is 0.684. The van der Waals surface area contributed by atoms with E-state index < -0.39 is 0 Å². The normalized spacial score (nSPS) is 24.0. The van der Waals surface area contributed by atoms with Crippen molar-refractivity contribution in [2.24, 2.45) is 5.41 Å². The lowest BCUT2D eigenvalue weighted by atomic mass is 9.87. The van der Waals surface area contributed by atoms with Gasteiger partial charge in [0, 0.05) is 6.04 Å². The van der Waals surface area contributed by atoms with Crippen LogP contribution in [0.1, 0.15) is 33.1 Å². The van der Waals surface area contributed by atoms with Crippen molar-refractivity contribution in [2.45, 2.75) is 39.2 Å². The molecule has 82 valence electrons. The van der Waals surface area contributed by atoms with E-state index in [2.05, 4.69) is 29.1 Å². The molecule has 1 aromatic heterocycles. The van der Waals surface area contributed by atoms with E-state index in [1.54, 1.807) is 12.4 Å². The second-order valence-corrected chi connectivity index (χ2v) is 4.92. The lowest BCUT2D eigenvalue weighted by molar-refractivity contribution is 0.349. The highest BCUT2D eigenvalue weighted by Crippen LogP contribution is 2.38. The molecule has 1 saturated carbocycles. The molecule has 0 saturated heterocycles. The van der Waals surface area contributed by atoms with Crippen LogP contribution in [0.25, 0.3) is 0 Å². The molecule has 1 heterocycles. The molecule has 1 aliphatic rings. The Morgan fingerprint density at radius 1 is 1.40 bits per heavy atom. The van der Waals surface area contributed by atoms with Crippen LogP contribution in [0, 0.1) is 5.41 Å². The number of rotatable bonds is 2. The summed E-state index contributed by atoms with van der Waals surface area (Å²) in [5.41, 5.74) is 6.48. The van der Waals surface area contributed by atoms with Gasteiger partial charge in [0.05, 0.1) is 18.1 Å². The van der Waals surface area contributed by atoms with Crippen molar-refractivity contribution >= 4 is 11.6 Å². The van der Waals surface area contributed by atoms with Gasteiger partial charge in [-0.05, 0) is 18.3 Å². The van der Waals surface area contributed by atoms with Gasteiger partial charge in [-0.2, -0.15) is 0 Å². The molecule has 0 aromatic carbocycles. The highest BCUT2D eigenvalue weighted by Gasteiger charge is 2.34. The summed E-state index contributed by atoms with van der Waals surface area (Å²) in [4.78, 5) is 8.32. The molecule has 0 amide bonds. The standard InChI is InChI=1S/C11H18N4/c1-11(2)5-3-4-9(11)15-10-13-6-8(12)7-14-10/h6-7,9H,3-5,12H2,1-2H3,(H,13,14,15). The maximum Gasteiger partial charge on any atom is 0.222 e. The average molecular weight is 206 g/mol. The number of nitrogens with zero attached hydrogens (tertiary/aromatic N) is 2. The van der Waals surface area contributed by atoms with E-state index in [9.17, 15) is 0 Å². The SMILES string of the molecule is CC1(C)CCCC1Nc1ncc(N)cn1. The maximum absolute atomic E-state index is 5.54. The fourth-order valence-corrected chi connectivity index (χ4v) is 2.16. The van der Waals surface area contributed by atoms with Crippen molar-refractivity contribution in [1.82, 2.24) is 9.97 Å². The van der Waals surface area contributed by atoms with Crippen molar-refractivity contribution in [1.29, 1.82) is 0 Å². The molecule has 1 unspecified atom stereocenters. The fraction of sp³-hybridized carbons (Fsp3) is 0.636. The van der Waals surface area contributed by atoms with Crippen LogP contribution in [0.15, 0.2) is 12.4 Å². The Bertz CT molecular complexity index is 331. The minimum Gasteiger partial charge on any atom is -0.396 e. The maximum atomic E-state index is 5.54. The number of aromatic nitrogens is 2. The highest BCUT2D eigenvalue weighted by atomic mass is 15.1. The fourth-order valence-electron chi connectivity index (χ4n) is 2.16. The van der Waals surface area contributed by atoms with Crippen LogP contribution in [0.4, 0.5) is 11.6 Å². The molecular formula is C11H18N4. The van der Waals surface area contributed by atoms with Gasteiger partial charge in [0.25, 0.3) is 0 Å². The summed E-state index contributed by atoms with van der Waals surface area (Å²) in [7, 11) is 0. The summed E-state index contributed by atoms with van der Waals surface area (Å²) in [6.45, 7) is 4.57. The summed E-state index contributed by atoms with van der Waals surface area (Å²) in [6, 6.07) is 0.473. The van der Waals surface area contributed by atoms with E-state index in [0.29, 0.717) is 23.1 Å². The van der Waals surface area contributed by atoms with E-state index in [1.807, 2.05) is 0 Å². The minimum atomic E-state index is 0.338. The largest absolute Gasteiger partial charge is 0.396 e. The molecule has 4 nitrogen and oxygen atoms in total. The average Bonchev–Trinajstić information content (AvgIpc) is 2.50. The Balaban J connectivity index is 2.06. The molecule has 15 heavy (non-hydrogen) atoms. The number of hydrogen-bond acceptors (Lipinski definition) is 4. The lowest BCUT2D eigenvalue weighted by Crippen LogP contribution is -2.31. The minimum absolute atomic E-state index is 0.338. The van der Waals surface area contributed by atoms with E-state index in [1.165, 1.54) is 19.3 Å². The van der Waals surface area contributed by atoms with Crippen molar-refractivity contribution in [2.75, 3.05) is 11.1 Å². The van der Waals surface area contributed by atoms with Crippen LogP contribution in [-0.2, 0) is 0 Å². The zero-order valence-electron chi connectivity index (χ0n) is 9.33. The van der Waals surface area contributed by atoms with Crippen LogP contribution in [0.5, 0.6) is 0 Å². The number of anilines is 2. The molecule has 1 fully saturated rings. The Labute approximate surface area is 90.3 Å². The van der Waals surface area contributed by atoms with Crippen molar-refractivity contribution in [3.8, 4) is 0 Å². The molecule has 0 spiro atoms. The number of nitrogens with two attached hydrogens (primary N) is 1. The van der Waals surface area contributed by atoms with Crippen molar-refractivity contribution in [3.05, 3.63) is 12.4 Å². The molecule has 4 heteroatoms. The summed E-state index contributed by atoms with van der Waals surface area (Å²) < 4.78 is 0. The second kappa shape index (κ2) is 3.68. The molecule has 0 radical (unpaired) electrons. The predicted octanol–water partition coefficient (Wildman–Crippen LogP) is 2.05. The Kier molecular flexibility index (Phi) is 2.50. The third-order valence-corrected chi connectivity index (χ3v) is 3.23. The van der Waals surface area contributed by atoms with Gasteiger partial charge >= 0.3 is 0 Å². The summed E-state index contributed by atoms with van der Waals surface area (Å²) >= 11 is 0. The topological polar surface area (TPSA) is 63.8 Å². The van der Waals surface area contributed by atoms with Gasteiger partial charge in [-0.25, -0.2) is 9.97 Å². The van der Waals surface area contributed by atoms with Gasteiger partial charge in [0.15, 0.2) is 0 Å². The highest BCUT2D eigenvalue weighted by molar-refractivity contribution is 5.36. The quantitative estimate of drug-likeness (QED) is 0.777. The van der Waals surface area contributed by atoms with Crippen molar-refractivity contribution < 1.29 is 0 Å². The Morgan fingerprint density at radius 2 is 2.07 bits per heavy atom. The molecule has 2 rings (SSSR count). The first-order valence-electron chi connectivity index (χ1n) is 5.42. The molecule has 1 aromatic rings. The molecule has 1 atom stereocenters. The number of nitrogen functional groups attached to an aromatic ring is 1. The van der Waals surface area contributed by atoms with Crippen molar-refractivity contribution in [3.63, 3.8) is 0 Å². The van der Waals surface area contributed by atoms with Gasteiger partial charge in [0.2, 0.25) is 5.95 Å². The van der Waals surface area contributed by atoms with E-state index in [-0.39, 0.29) is 0 Å². The number of hydrogen-bond donors (Lipinski definition) is 2. The Hall–Kier alpha value is -1.32. The molecule has 3 N–H and O–H groups in total. The third-order valence-electron chi connectivity index (χ3n) is 3.23. The summed E-state index contributed by atoms with van der Waals surface area (Å²) in [6.07, 6.45) is 7.01. The van der Waals surface area contributed by atoms with Crippen LogP contribution in [0.2, 0.25) is 0 Å². The van der Waals surface area contributed by atoms with Crippen LogP contribution >= 0.6 is 0 Å². The molecular weight excluding hydrogens is 188 g/mol. The van der Waals surface area contributed by atoms with Gasteiger partial charge in [-0.15, -0.1) is 0 Å². The van der Waals surface area contributed by atoms with E-state index >= 15 is 0 Å². The number of nitrogens with one attached hydrogen (secondary N) is 1. The van der Waals surface area contributed by atoms with E-state index in [0.717, 1.165) is 0 Å². The van der Waals surface area contributed by atoms with Gasteiger partial charge < -0.3 is 11.1 Å². The smallest absolute Gasteiger partial charge is 0.222 e. The first-order valence-corrected chi connectivity index (χ1v) is 5.42. The van der Waals surface area contributed by atoms with Gasteiger partial charge in [-0.1, -0.05) is 20.3 Å². The zero-order chi connectivity index (χ0) is 10.9. The Morgan fingerprint density at radius 3 is 2.60 bits per heavy atom. The van der Waals surface area contributed by atoms with E-state index in [4.69, 9.17) is 5.73 Å². The van der Waals surface area contributed by atoms with Crippen LogP contribution in [0.3, 0.4) is 0 Å². The lowest BCUT2D eigenvalue weighted by Gasteiger charge is -2.27. The summed E-state index contributed by atoms with van der Waals surface area (Å²) in [5, 5.41) is 3.38. The zero-order valence-corrected chi connectivity index (χ0v) is 9.33. The second-order valence-electron chi connectivity index (χ2n) is 4.92. The van der Waals surface area contributed by atoms with Crippen LogP contribution in [-0.4, -0.2) is 16.0 Å². The first-order chi connectivity index (χ1) is 7.08.